The normalized spacial score (nSPS) is 19.7. The second-order valence-electron chi connectivity index (χ2n) is 9.14. The van der Waals surface area contributed by atoms with Crippen molar-refractivity contribution in [1.29, 1.82) is 0 Å². The van der Waals surface area contributed by atoms with Crippen molar-refractivity contribution in [2.75, 3.05) is 4.90 Å². The average molecular weight is 534 g/mol. The molecule has 186 valence electrons. The van der Waals surface area contributed by atoms with Gasteiger partial charge in [0.25, 0.3) is 17.5 Å². The number of allylic oxidation sites excluding steroid dienone is 1. The first-order valence-corrected chi connectivity index (χ1v) is 12.3. The molecule has 3 aliphatic rings. The highest BCUT2D eigenvalue weighted by Gasteiger charge is 2.47. The van der Waals surface area contributed by atoms with Crippen LogP contribution in [-0.2, 0) is 14.4 Å². The number of non-ortho nitro benzene ring substituents is 1. The van der Waals surface area contributed by atoms with Gasteiger partial charge in [0.2, 0.25) is 0 Å². The molecule has 2 amide bonds. The lowest BCUT2D eigenvalue weighted by Crippen LogP contribution is -2.46. The fourth-order valence-corrected chi connectivity index (χ4v) is 5.82. The molecule has 37 heavy (non-hydrogen) atoms. The molecule has 5 rings (SSSR count). The van der Waals surface area contributed by atoms with Crippen LogP contribution in [0.4, 0.5) is 11.4 Å². The van der Waals surface area contributed by atoms with Crippen molar-refractivity contribution in [1.82, 2.24) is 5.32 Å². The van der Waals surface area contributed by atoms with Gasteiger partial charge in [-0.05, 0) is 50.1 Å². The number of nitro benzene ring substituents is 1. The molecule has 1 saturated heterocycles. The van der Waals surface area contributed by atoms with Gasteiger partial charge in [0.15, 0.2) is 0 Å². The van der Waals surface area contributed by atoms with Gasteiger partial charge >= 0.3 is 5.97 Å². The molecule has 3 heterocycles. The van der Waals surface area contributed by atoms with E-state index in [2.05, 4.69) is 5.32 Å². The van der Waals surface area contributed by atoms with Crippen LogP contribution in [0.25, 0.3) is 17.2 Å². The molecule has 1 N–H and O–H groups in total. The van der Waals surface area contributed by atoms with Gasteiger partial charge in [-0.3, -0.25) is 24.6 Å². The first kappa shape index (κ1) is 24.6. The summed E-state index contributed by atoms with van der Waals surface area (Å²) in [6, 6.07) is 9.09. The van der Waals surface area contributed by atoms with Crippen LogP contribution in [0.1, 0.15) is 37.5 Å². The van der Waals surface area contributed by atoms with Crippen molar-refractivity contribution in [3.05, 3.63) is 80.3 Å². The van der Waals surface area contributed by atoms with E-state index in [9.17, 15) is 24.5 Å². The third kappa shape index (κ3) is 4.25. The number of amides is 2. The lowest BCUT2D eigenvalue weighted by atomic mass is 9.89. The van der Waals surface area contributed by atoms with E-state index in [4.69, 9.17) is 17.0 Å². The number of hydrogen-bond acceptors (Lipinski definition) is 8. The Morgan fingerprint density at radius 1 is 1.22 bits per heavy atom. The maximum absolute atomic E-state index is 13.6. The second-order valence-corrected chi connectivity index (χ2v) is 10.8. The third-order valence-corrected chi connectivity index (χ3v) is 7.35. The van der Waals surface area contributed by atoms with E-state index < -0.39 is 22.3 Å². The molecule has 2 aromatic carbocycles. The van der Waals surface area contributed by atoms with E-state index in [1.807, 2.05) is 26.8 Å². The predicted molar refractivity (Wildman–Crippen MR) is 145 cm³/mol. The number of thioether (sulfide) groups is 1. The summed E-state index contributed by atoms with van der Waals surface area (Å²) in [7, 11) is 0. The van der Waals surface area contributed by atoms with Gasteiger partial charge in [-0.2, -0.15) is 0 Å². The van der Waals surface area contributed by atoms with E-state index in [-0.39, 0.29) is 32.1 Å². The fourth-order valence-electron chi connectivity index (χ4n) is 4.70. The number of hydrogen-bond donors (Lipinski definition) is 1. The van der Waals surface area contributed by atoms with E-state index in [1.165, 1.54) is 30.4 Å². The van der Waals surface area contributed by atoms with Crippen LogP contribution in [0.5, 0.6) is 5.75 Å². The number of nitro groups is 1. The number of esters is 1. The predicted octanol–water partition coefficient (Wildman–Crippen LogP) is 4.61. The lowest BCUT2D eigenvalue weighted by Gasteiger charge is -2.38. The molecule has 0 radical (unpaired) electrons. The first-order valence-electron chi connectivity index (χ1n) is 11.1. The minimum Gasteiger partial charge on any atom is -0.423 e. The molecule has 0 aliphatic carbocycles. The summed E-state index contributed by atoms with van der Waals surface area (Å²) in [5.41, 5.74) is 2.65. The Balaban J connectivity index is 1.55. The molecule has 0 atom stereocenters. The molecule has 0 aromatic heterocycles. The van der Waals surface area contributed by atoms with Gasteiger partial charge in [-0.15, -0.1) is 0 Å². The summed E-state index contributed by atoms with van der Waals surface area (Å²) in [5.74, 6) is -1.30. The molecule has 0 unspecified atom stereocenters. The van der Waals surface area contributed by atoms with E-state index in [0.29, 0.717) is 22.4 Å². The van der Waals surface area contributed by atoms with E-state index >= 15 is 0 Å². The number of thiocarbonyl (C=S) groups is 1. The van der Waals surface area contributed by atoms with Gasteiger partial charge in [-0.25, -0.2) is 4.79 Å². The summed E-state index contributed by atoms with van der Waals surface area (Å²) in [6.07, 6.45) is 4.53. The molecular formula is C26H19N3O6S2. The van der Waals surface area contributed by atoms with E-state index in [1.54, 1.807) is 23.1 Å². The molecule has 0 bridgehead atoms. The van der Waals surface area contributed by atoms with Gasteiger partial charge in [0.1, 0.15) is 10.1 Å². The van der Waals surface area contributed by atoms with Crippen molar-refractivity contribution in [3.63, 3.8) is 0 Å². The summed E-state index contributed by atoms with van der Waals surface area (Å²) in [4.78, 5) is 51.2. The molecule has 2 aromatic rings. The van der Waals surface area contributed by atoms with Gasteiger partial charge in [0, 0.05) is 29.3 Å². The van der Waals surface area contributed by atoms with Crippen molar-refractivity contribution < 1.29 is 24.0 Å². The Morgan fingerprint density at radius 3 is 2.62 bits per heavy atom. The van der Waals surface area contributed by atoms with Crippen LogP contribution in [-0.4, -0.2) is 32.6 Å². The highest BCUT2D eigenvalue weighted by molar-refractivity contribution is 8.27. The van der Waals surface area contributed by atoms with Gasteiger partial charge in [0.05, 0.1) is 26.6 Å². The van der Waals surface area contributed by atoms with Crippen molar-refractivity contribution in [2.45, 2.75) is 26.3 Å². The molecule has 0 saturated carbocycles. The van der Waals surface area contributed by atoms with E-state index in [0.717, 1.165) is 17.3 Å². The largest absolute Gasteiger partial charge is 0.423 e. The Hall–Kier alpha value is -4.09. The summed E-state index contributed by atoms with van der Waals surface area (Å²) in [5, 5.41) is 13.5. The monoisotopic (exact) mass is 533 g/mol. The Labute approximate surface area is 221 Å². The standard InChI is InChI=1S/C26H19N3O6S2/c1-13-12-26(2,3)28-21-17(13)10-16(11-18(21)20(24(28)32)22-23(31)27-25(36)37-22)35-19(30)8-7-14-5-4-6-15(9-14)29(33)34/h4-12H,1-3H3,(H,27,31,36). The van der Waals surface area contributed by atoms with Crippen LogP contribution in [0.3, 0.4) is 0 Å². The zero-order chi connectivity index (χ0) is 26.6. The zero-order valence-corrected chi connectivity index (χ0v) is 21.5. The van der Waals surface area contributed by atoms with Gasteiger partial charge in [-0.1, -0.05) is 42.2 Å². The molecular weight excluding hydrogens is 514 g/mol. The Bertz CT molecular complexity index is 1550. The number of nitrogens with zero attached hydrogens (tertiary/aromatic N) is 2. The first-order chi connectivity index (χ1) is 17.5. The van der Waals surface area contributed by atoms with Crippen molar-refractivity contribution in [2.24, 2.45) is 0 Å². The molecule has 3 aliphatic heterocycles. The smallest absolute Gasteiger partial charge is 0.336 e. The summed E-state index contributed by atoms with van der Waals surface area (Å²) in [6.45, 7) is 5.73. The van der Waals surface area contributed by atoms with Crippen LogP contribution in [0.15, 0.2) is 53.5 Å². The molecule has 11 heteroatoms. The average Bonchev–Trinajstić information content (AvgIpc) is 3.30. The van der Waals surface area contributed by atoms with Crippen LogP contribution >= 0.6 is 24.0 Å². The second kappa shape index (κ2) is 8.79. The third-order valence-electron chi connectivity index (χ3n) is 6.12. The van der Waals surface area contributed by atoms with Crippen molar-refractivity contribution >= 4 is 74.7 Å². The maximum Gasteiger partial charge on any atom is 0.336 e. The Kier molecular flexibility index (Phi) is 5.84. The zero-order valence-electron chi connectivity index (χ0n) is 19.9. The van der Waals surface area contributed by atoms with Crippen LogP contribution in [0.2, 0.25) is 0 Å². The molecule has 9 nitrogen and oxygen atoms in total. The SMILES string of the molecule is CC1=CC(C)(C)N2C(=O)C(=C3SC(=S)NC3=O)c3cc(OC(=O)C=Cc4cccc([N+](=O)[O-])c4)cc1c32. The number of carbonyl (C=O) groups excluding carboxylic acids is 3. The minimum atomic E-state index is -0.707. The Morgan fingerprint density at radius 2 is 1.95 bits per heavy atom. The number of nitrogens with one attached hydrogen (secondary N) is 1. The highest BCUT2D eigenvalue weighted by atomic mass is 32.2. The molecule has 0 spiro atoms. The summed E-state index contributed by atoms with van der Waals surface area (Å²) >= 11 is 6.15. The number of rotatable bonds is 4. The van der Waals surface area contributed by atoms with Crippen LogP contribution < -0.4 is 15.0 Å². The number of carbonyl (C=O) groups is 3. The van der Waals surface area contributed by atoms with Crippen LogP contribution in [0, 0.1) is 10.1 Å². The highest BCUT2D eigenvalue weighted by Crippen LogP contribution is 2.52. The number of anilines is 1. The van der Waals surface area contributed by atoms with Gasteiger partial charge < -0.3 is 10.1 Å². The number of ether oxygens (including phenoxy) is 1. The minimum absolute atomic E-state index is 0.0958. The quantitative estimate of drug-likeness (QED) is 0.151. The number of benzene rings is 2. The summed E-state index contributed by atoms with van der Waals surface area (Å²) < 4.78 is 5.82. The maximum atomic E-state index is 13.6. The fraction of sp³-hybridized carbons (Fsp3) is 0.154. The molecule has 1 fully saturated rings. The van der Waals surface area contributed by atoms with Crippen molar-refractivity contribution in [3.8, 4) is 5.75 Å². The lowest BCUT2D eigenvalue weighted by molar-refractivity contribution is -0.384. The topological polar surface area (TPSA) is 119 Å².